The summed E-state index contributed by atoms with van der Waals surface area (Å²) in [6.07, 6.45) is -102. The standard InChI is InChI=1S/C78H128N6O57/c1-19(94)79-37-25(100)7-77(75(119)120,138-61(37)43(104)27(102)9-85)140-65-46(107)30(12-88)126-73(55(65)116)134-58-33(15-91)128-68(40(50(58)111)82-22(4)97)123-18-36-48(109)64(54(115)72(131-36)133-59-34(16-92)129-69(41(51(59)112)83-23(5)98)136-63-45(106)29(11-87)125-71(53(63)114)132-57-32(14-90)124-67(118)39(49(57)110)81-21(3)96)137-70-42(84-24(6)99)52(113)60(35(17-93)130-70)135-74-56(117)66(47(108)31(13-89)127-74)141-78(76(121)122)8-26(101)38(80-20(2)95)62(139-78)44(105)28(103)10-86/h25-74,85-93,100-118H,7-18H2,1-6H3,(H,79,94)(H,80,95)(H,81,96)(H,82,97)(H,83,98)(H,84,99)(H,119,120)(H,121,122)/t25-,26-,27+,28+,29+,30+,31+,32+,33+,34+,35+,36+,37+,38+,39+,40+,41+,42-,43+,44+,45-,46-,47-,48-,49+,50+,51+,52+,53+,54+,55+,56+,57+,58+,59+,60+,61+,62+,63-,64-,65-,66-,67+,68+,69-,70-,71-,72-,73-,74-,77-,78-/m0/s1. The fraction of sp³-hybridized carbons (Fsp3) is 0.897. The van der Waals surface area contributed by atoms with Crippen LogP contribution in [0.2, 0.25) is 0 Å². The van der Waals surface area contributed by atoms with Gasteiger partial charge in [-0.3, -0.25) is 28.8 Å². The summed E-state index contributed by atoms with van der Waals surface area (Å²) >= 11 is 0. The summed E-state index contributed by atoms with van der Waals surface area (Å²) in [5.41, 5.74) is 0. The van der Waals surface area contributed by atoms with E-state index in [0.29, 0.717) is 0 Å². The second-order valence-electron chi connectivity index (χ2n) is 35.3. The van der Waals surface area contributed by atoms with E-state index in [1.165, 1.54) is 0 Å². The van der Waals surface area contributed by atoms with Gasteiger partial charge in [-0.1, -0.05) is 0 Å². The van der Waals surface area contributed by atoms with Crippen molar-refractivity contribution in [2.45, 2.75) is 372 Å². The van der Waals surface area contributed by atoms with Crippen LogP contribution in [0.15, 0.2) is 0 Å². The molecule has 0 unspecified atom stereocenters. The first kappa shape index (κ1) is 117. The molecule has 10 aliphatic heterocycles. The van der Waals surface area contributed by atoms with Crippen molar-refractivity contribution < 1.29 is 282 Å². The number of amides is 6. The minimum atomic E-state index is -3.36. The molecule has 141 heavy (non-hydrogen) atoms. The summed E-state index contributed by atoms with van der Waals surface area (Å²) in [6, 6.07) is -11.6. The molecule has 10 rings (SSSR count). The lowest BCUT2D eigenvalue weighted by Gasteiger charge is -2.52. The van der Waals surface area contributed by atoms with Gasteiger partial charge in [-0.2, -0.15) is 0 Å². The molecule has 812 valence electrons. The van der Waals surface area contributed by atoms with Crippen molar-refractivity contribution >= 4 is 47.4 Å². The van der Waals surface area contributed by atoms with E-state index in [1.54, 1.807) is 0 Å². The Morgan fingerprint density at radius 2 is 0.532 bits per heavy atom. The van der Waals surface area contributed by atoms with E-state index in [1.807, 2.05) is 0 Å². The summed E-state index contributed by atoms with van der Waals surface area (Å²) in [5.74, 6) is -16.9. The molecule has 0 aromatic rings. The Balaban J connectivity index is 0.965. The van der Waals surface area contributed by atoms with Gasteiger partial charge < -0.3 is 275 Å². The molecule has 10 fully saturated rings. The minimum Gasteiger partial charge on any atom is -0.477 e. The largest absolute Gasteiger partial charge is 0.477 e. The van der Waals surface area contributed by atoms with Crippen molar-refractivity contribution in [1.29, 1.82) is 0 Å². The van der Waals surface area contributed by atoms with E-state index in [9.17, 15) is 192 Å². The summed E-state index contributed by atoms with van der Waals surface area (Å²) in [5, 5.41) is 352. The van der Waals surface area contributed by atoms with E-state index in [0.717, 1.165) is 41.5 Å². The molecule has 0 radical (unpaired) electrons. The first-order chi connectivity index (χ1) is 66.4. The maximum Gasteiger partial charge on any atom is 0.364 e. The molecule has 10 aliphatic rings. The highest BCUT2D eigenvalue weighted by Crippen LogP contribution is 2.44. The van der Waals surface area contributed by atoms with Gasteiger partial charge in [0.05, 0.1) is 90.4 Å². The second kappa shape index (κ2) is 50.3. The maximum absolute atomic E-state index is 13.4. The quantitative estimate of drug-likeness (QED) is 0.0271. The molecule has 36 N–H and O–H groups in total. The average Bonchev–Trinajstić information content (AvgIpc) is 0.748. The predicted octanol–water partition coefficient (Wildman–Crippen LogP) is -23.5. The lowest BCUT2D eigenvalue weighted by atomic mass is 9.88. The smallest absolute Gasteiger partial charge is 0.364 e. The van der Waals surface area contributed by atoms with Crippen LogP contribution >= 0.6 is 0 Å². The van der Waals surface area contributed by atoms with Crippen molar-refractivity contribution in [2.24, 2.45) is 0 Å². The topological polar surface area (TPSA) is 991 Å². The lowest BCUT2D eigenvalue weighted by molar-refractivity contribution is -0.393. The maximum atomic E-state index is 13.4. The van der Waals surface area contributed by atoms with Crippen molar-refractivity contribution in [3.05, 3.63) is 0 Å². The van der Waals surface area contributed by atoms with Crippen LogP contribution in [0.3, 0.4) is 0 Å². The van der Waals surface area contributed by atoms with Gasteiger partial charge in [0.25, 0.3) is 11.6 Å². The summed E-state index contributed by atoms with van der Waals surface area (Å²) in [6.45, 7) is -6.98. The highest BCUT2D eigenvalue weighted by molar-refractivity contribution is 5.78. The normalized spacial score (nSPS) is 45.4. The Hall–Kier alpha value is -6.12. The van der Waals surface area contributed by atoms with Gasteiger partial charge in [0.1, 0.15) is 232 Å². The van der Waals surface area contributed by atoms with Gasteiger partial charge in [0, 0.05) is 54.4 Å². The fourth-order valence-electron chi connectivity index (χ4n) is 18.2. The number of carboxylic acid groups (broad SMARTS) is 2. The molecule has 0 bridgehead atoms. The zero-order chi connectivity index (χ0) is 105. The number of hydrogen-bond acceptors (Lipinski definition) is 55. The van der Waals surface area contributed by atoms with Crippen LogP contribution in [0.5, 0.6) is 0 Å². The summed E-state index contributed by atoms with van der Waals surface area (Å²) in [7, 11) is 0. The molecule has 0 aromatic carbocycles. The Morgan fingerprint density at radius 3 is 0.830 bits per heavy atom. The van der Waals surface area contributed by atoms with E-state index in [4.69, 9.17) is 90.0 Å². The highest BCUT2D eigenvalue weighted by Gasteiger charge is 2.66. The molecule has 10 saturated heterocycles. The molecule has 10 heterocycles. The fourth-order valence-corrected chi connectivity index (χ4v) is 18.2. The molecular weight excluding hydrogens is 1930 g/mol. The van der Waals surface area contributed by atoms with Crippen LogP contribution in [-0.2, 0) is 128 Å². The van der Waals surface area contributed by atoms with Crippen LogP contribution in [0, 0.1) is 0 Å². The number of carbonyl (C=O) groups is 8. The summed E-state index contributed by atoms with van der Waals surface area (Å²) < 4.78 is 112. The number of nitrogens with one attached hydrogen (secondary N) is 6. The molecule has 52 atom stereocenters. The van der Waals surface area contributed by atoms with Crippen LogP contribution in [-0.4, -0.2) is 585 Å². The van der Waals surface area contributed by atoms with Crippen LogP contribution in [0.25, 0.3) is 0 Å². The number of carbonyl (C=O) groups excluding carboxylic acids is 6. The number of aliphatic hydroxyl groups is 28. The third-order valence-electron chi connectivity index (χ3n) is 25.2. The van der Waals surface area contributed by atoms with Crippen molar-refractivity contribution in [2.75, 3.05) is 66.1 Å². The Kier molecular flexibility index (Phi) is 41.6. The van der Waals surface area contributed by atoms with E-state index in [2.05, 4.69) is 31.9 Å². The average molecular weight is 2060 g/mol. The monoisotopic (exact) mass is 2060 g/mol. The molecule has 0 aromatic heterocycles. The third-order valence-corrected chi connectivity index (χ3v) is 25.2. The number of carboxylic acids is 2. The van der Waals surface area contributed by atoms with Crippen molar-refractivity contribution in [3.63, 3.8) is 0 Å². The van der Waals surface area contributed by atoms with E-state index in [-0.39, 0.29) is 0 Å². The number of ether oxygens (including phenoxy) is 19. The Bertz CT molecular complexity index is 4060. The third kappa shape index (κ3) is 26.1. The summed E-state index contributed by atoms with van der Waals surface area (Å²) in [4.78, 5) is 103. The Labute approximate surface area is 796 Å². The number of aliphatic carboxylic acids is 2. The SMILES string of the molecule is CC(=O)N[C@@H]1[C@H](O[C@H]2[C@@H](O)[C@@H](CO[C@@H]3O[C@H](CO)[C@@H](O[C@@H]4O[C@H](CO)[C@H](O)[C@H](O[C@]5(C(=O)O)C[C@H](O)[C@@H](NC(C)=O)[C@H]([C@H](O)[C@H](O)CO)O5)[C@H]4O)[C@H](O)[C@H]3NC(C)=O)O[C@@H](O[C@H]3[C@H](O)[C@@H](NC(C)=O)[C@H](O[C@H]4[C@@H](O)[C@@H](CO)O[C@@H](O[C@H]5[C@H](O)[C@@H](NC(C)=O)[C@H](O)O[C@@H]5CO)[C@@H]4O)O[C@@H]3CO)[C@@H]2O)O[C@H](CO)[C@@H](O[C@@H]2O[C@H](CO)[C@H](O)[C@H](O[C@]3(C(=O)O)C[C@H](O)[C@@H](NC(C)=O)[C@H]([C@H](O)[C@H](O)CO)O3)[C@H]2O)[C@@H]1O. The van der Waals surface area contributed by atoms with Crippen LogP contribution in [0.1, 0.15) is 54.4 Å². The molecular formula is C78H128N6O57. The van der Waals surface area contributed by atoms with Crippen molar-refractivity contribution in [1.82, 2.24) is 31.9 Å². The molecule has 6 amide bonds. The van der Waals surface area contributed by atoms with Crippen molar-refractivity contribution in [3.8, 4) is 0 Å². The zero-order valence-electron chi connectivity index (χ0n) is 75.8. The lowest BCUT2D eigenvalue weighted by Crippen LogP contribution is -2.71. The van der Waals surface area contributed by atoms with Crippen LogP contribution < -0.4 is 31.9 Å². The molecule has 0 aliphatic carbocycles. The van der Waals surface area contributed by atoms with Gasteiger partial charge in [-0.05, 0) is 0 Å². The number of aliphatic hydroxyl groups excluding tert-OH is 28. The van der Waals surface area contributed by atoms with Gasteiger partial charge >= 0.3 is 11.9 Å². The van der Waals surface area contributed by atoms with Gasteiger partial charge in [-0.25, -0.2) is 9.59 Å². The zero-order valence-corrected chi connectivity index (χ0v) is 75.8. The number of rotatable bonds is 40. The predicted molar refractivity (Wildman–Crippen MR) is 434 cm³/mol. The van der Waals surface area contributed by atoms with E-state index < -0.39 is 444 Å². The van der Waals surface area contributed by atoms with Gasteiger partial charge in [0.15, 0.2) is 50.3 Å². The number of hydrogen-bond donors (Lipinski definition) is 36. The van der Waals surface area contributed by atoms with E-state index >= 15 is 0 Å². The van der Waals surface area contributed by atoms with Gasteiger partial charge in [0.2, 0.25) is 35.4 Å². The first-order valence-electron chi connectivity index (χ1n) is 44.4. The molecule has 0 spiro atoms. The van der Waals surface area contributed by atoms with Crippen LogP contribution in [0.4, 0.5) is 0 Å². The highest BCUT2D eigenvalue weighted by atomic mass is 16.8. The molecule has 0 saturated carbocycles. The molecule has 63 heteroatoms. The first-order valence-corrected chi connectivity index (χ1v) is 44.4. The minimum absolute atomic E-state index is 0.809. The Morgan fingerprint density at radius 1 is 0.291 bits per heavy atom. The molecule has 63 nitrogen and oxygen atoms in total. The van der Waals surface area contributed by atoms with Gasteiger partial charge in [-0.15, -0.1) is 0 Å². The second-order valence-corrected chi connectivity index (χ2v) is 35.3.